The molecule has 1 unspecified atom stereocenters. The van der Waals surface area contributed by atoms with Crippen LogP contribution in [0.1, 0.15) is 46.9 Å². The van der Waals surface area contributed by atoms with Crippen molar-refractivity contribution >= 4 is 17.8 Å². The van der Waals surface area contributed by atoms with Crippen LogP contribution in [0.25, 0.3) is 0 Å². The molecule has 0 aromatic heterocycles. The Kier molecular flexibility index (Phi) is 4.43. The maximum Gasteiger partial charge on any atom is 0.337 e. The minimum absolute atomic E-state index is 0.272. The fourth-order valence-electron chi connectivity index (χ4n) is 3.03. The Balaban J connectivity index is 1.62. The molecule has 122 valence electrons. The molecule has 0 spiro atoms. The highest BCUT2D eigenvalue weighted by molar-refractivity contribution is 6.20. The third kappa shape index (κ3) is 3.12. The van der Waals surface area contributed by atoms with Crippen molar-refractivity contribution in [1.82, 2.24) is 9.96 Å². The van der Waals surface area contributed by atoms with Gasteiger partial charge in [0.15, 0.2) is 0 Å². The highest BCUT2D eigenvalue weighted by Gasteiger charge is 2.39. The standard InChI is InChI=1S/C17H20N2O4/c1-12(11-18-9-5-2-6-10-18)17(22)23-19-15(20)13-7-3-4-8-14(13)16(19)21/h3-4,7-8,12H,2,5-6,9-11H2,1H3. The number of hydrogen-bond donors (Lipinski definition) is 0. The summed E-state index contributed by atoms with van der Waals surface area (Å²) in [6.45, 7) is 4.30. The summed E-state index contributed by atoms with van der Waals surface area (Å²) in [7, 11) is 0. The van der Waals surface area contributed by atoms with Crippen molar-refractivity contribution in [3.8, 4) is 0 Å². The molecule has 3 rings (SSSR count). The van der Waals surface area contributed by atoms with Gasteiger partial charge in [-0.2, -0.15) is 0 Å². The third-order valence-electron chi connectivity index (χ3n) is 4.32. The van der Waals surface area contributed by atoms with Crippen molar-refractivity contribution in [1.29, 1.82) is 0 Å². The van der Waals surface area contributed by atoms with E-state index in [0.29, 0.717) is 11.6 Å². The van der Waals surface area contributed by atoms with Gasteiger partial charge in [0.1, 0.15) is 0 Å². The SMILES string of the molecule is CC(CN1CCCCC1)C(=O)ON1C(=O)c2ccccc2C1=O. The number of imide groups is 1. The lowest BCUT2D eigenvalue weighted by atomic mass is 10.1. The smallest absolute Gasteiger partial charge is 0.329 e. The summed E-state index contributed by atoms with van der Waals surface area (Å²) in [5, 5.41) is 0.583. The maximum atomic E-state index is 12.2. The molecule has 2 amide bonds. The fourth-order valence-corrected chi connectivity index (χ4v) is 3.03. The van der Waals surface area contributed by atoms with Gasteiger partial charge >= 0.3 is 5.97 Å². The van der Waals surface area contributed by atoms with Crippen molar-refractivity contribution in [3.63, 3.8) is 0 Å². The number of amides is 2. The van der Waals surface area contributed by atoms with Crippen LogP contribution in [0.4, 0.5) is 0 Å². The van der Waals surface area contributed by atoms with E-state index in [9.17, 15) is 14.4 Å². The number of piperidine rings is 1. The number of fused-ring (bicyclic) bond motifs is 1. The van der Waals surface area contributed by atoms with Gasteiger partial charge < -0.3 is 9.74 Å². The van der Waals surface area contributed by atoms with Gasteiger partial charge in [0.05, 0.1) is 17.0 Å². The summed E-state index contributed by atoms with van der Waals surface area (Å²) >= 11 is 0. The number of carbonyl (C=O) groups is 3. The van der Waals surface area contributed by atoms with E-state index in [1.807, 2.05) is 0 Å². The fraction of sp³-hybridized carbons (Fsp3) is 0.471. The minimum Gasteiger partial charge on any atom is -0.329 e. The van der Waals surface area contributed by atoms with Crippen LogP contribution in [-0.4, -0.2) is 47.4 Å². The van der Waals surface area contributed by atoms with E-state index < -0.39 is 23.7 Å². The van der Waals surface area contributed by atoms with Crippen LogP contribution in [0, 0.1) is 5.92 Å². The van der Waals surface area contributed by atoms with Crippen molar-refractivity contribution in [2.24, 2.45) is 5.92 Å². The zero-order valence-electron chi connectivity index (χ0n) is 13.2. The summed E-state index contributed by atoms with van der Waals surface area (Å²) in [4.78, 5) is 43.9. The van der Waals surface area contributed by atoms with Gasteiger partial charge in [0.2, 0.25) is 0 Å². The Morgan fingerprint density at radius 3 is 2.22 bits per heavy atom. The number of likely N-dealkylation sites (tertiary alicyclic amines) is 1. The van der Waals surface area contributed by atoms with Gasteiger partial charge in [-0.25, -0.2) is 4.79 Å². The lowest BCUT2D eigenvalue weighted by Gasteiger charge is -2.28. The lowest BCUT2D eigenvalue weighted by molar-refractivity contribution is -0.173. The average Bonchev–Trinajstić information content (AvgIpc) is 2.81. The Bertz CT molecular complexity index is 602. The van der Waals surface area contributed by atoms with Crippen LogP contribution in [0.15, 0.2) is 24.3 Å². The number of carbonyl (C=O) groups excluding carboxylic acids is 3. The molecule has 0 bridgehead atoms. The van der Waals surface area contributed by atoms with Crippen molar-refractivity contribution in [2.75, 3.05) is 19.6 Å². The quantitative estimate of drug-likeness (QED) is 0.793. The second-order valence-electron chi connectivity index (χ2n) is 6.12. The molecule has 1 aromatic carbocycles. The summed E-state index contributed by atoms with van der Waals surface area (Å²) in [5.41, 5.74) is 0.544. The first-order valence-electron chi connectivity index (χ1n) is 8.00. The zero-order chi connectivity index (χ0) is 16.4. The van der Waals surface area contributed by atoms with Gasteiger partial charge in [-0.05, 0) is 38.1 Å². The monoisotopic (exact) mass is 316 g/mol. The molecule has 1 aromatic rings. The molecule has 0 N–H and O–H groups in total. The molecule has 2 aliphatic heterocycles. The molecule has 0 saturated carbocycles. The number of benzene rings is 1. The number of rotatable bonds is 4. The van der Waals surface area contributed by atoms with Crippen LogP contribution < -0.4 is 0 Å². The van der Waals surface area contributed by atoms with Crippen LogP contribution >= 0.6 is 0 Å². The summed E-state index contributed by atoms with van der Waals surface area (Å²) in [6, 6.07) is 6.46. The van der Waals surface area contributed by atoms with Gasteiger partial charge in [-0.3, -0.25) is 9.59 Å². The third-order valence-corrected chi connectivity index (χ3v) is 4.32. The van der Waals surface area contributed by atoms with Crippen LogP contribution in [0.2, 0.25) is 0 Å². The van der Waals surface area contributed by atoms with E-state index in [1.165, 1.54) is 6.42 Å². The van der Waals surface area contributed by atoms with Crippen LogP contribution in [-0.2, 0) is 9.63 Å². The second-order valence-corrected chi connectivity index (χ2v) is 6.12. The first-order chi connectivity index (χ1) is 11.1. The van der Waals surface area contributed by atoms with E-state index in [1.54, 1.807) is 31.2 Å². The summed E-state index contributed by atoms with van der Waals surface area (Å²) in [6.07, 6.45) is 3.50. The van der Waals surface area contributed by atoms with Crippen molar-refractivity contribution in [3.05, 3.63) is 35.4 Å². The largest absolute Gasteiger partial charge is 0.337 e. The van der Waals surface area contributed by atoms with Crippen molar-refractivity contribution in [2.45, 2.75) is 26.2 Å². The first kappa shape index (κ1) is 15.7. The zero-order valence-corrected chi connectivity index (χ0v) is 13.2. The molecule has 6 nitrogen and oxygen atoms in total. The van der Waals surface area contributed by atoms with E-state index in [4.69, 9.17) is 4.84 Å². The lowest BCUT2D eigenvalue weighted by Crippen LogP contribution is -2.39. The highest BCUT2D eigenvalue weighted by Crippen LogP contribution is 2.23. The molecule has 1 fully saturated rings. The Labute approximate surface area is 135 Å². The van der Waals surface area contributed by atoms with E-state index in [2.05, 4.69) is 4.90 Å². The molecule has 0 aliphatic carbocycles. The van der Waals surface area contributed by atoms with Gasteiger partial charge in [-0.1, -0.05) is 30.5 Å². The molecule has 1 atom stereocenters. The number of hydroxylamine groups is 2. The maximum absolute atomic E-state index is 12.2. The van der Waals surface area contributed by atoms with Crippen LogP contribution in [0.3, 0.4) is 0 Å². The molecule has 2 heterocycles. The average molecular weight is 316 g/mol. The van der Waals surface area contributed by atoms with Crippen molar-refractivity contribution < 1.29 is 19.2 Å². The predicted molar refractivity (Wildman–Crippen MR) is 82.5 cm³/mol. The van der Waals surface area contributed by atoms with E-state index >= 15 is 0 Å². The molecular formula is C17H20N2O4. The van der Waals surface area contributed by atoms with Gasteiger partial charge in [0.25, 0.3) is 11.8 Å². The predicted octanol–water partition coefficient (Wildman–Crippen LogP) is 1.86. The molecule has 1 saturated heterocycles. The number of nitrogens with zero attached hydrogens (tertiary/aromatic N) is 2. The molecule has 6 heteroatoms. The molecule has 0 radical (unpaired) electrons. The minimum atomic E-state index is -0.580. The second kappa shape index (κ2) is 6.50. The van der Waals surface area contributed by atoms with Crippen LogP contribution in [0.5, 0.6) is 0 Å². The molecule has 2 aliphatic rings. The first-order valence-corrected chi connectivity index (χ1v) is 8.00. The summed E-state index contributed by atoms with van der Waals surface area (Å²) < 4.78 is 0. The van der Waals surface area contributed by atoms with E-state index in [-0.39, 0.29) is 11.1 Å². The molecular weight excluding hydrogens is 296 g/mol. The number of hydrogen-bond acceptors (Lipinski definition) is 5. The highest BCUT2D eigenvalue weighted by atomic mass is 16.7. The Hall–Kier alpha value is -2.21. The van der Waals surface area contributed by atoms with Gasteiger partial charge in [0, 0.05) is 6.54 Å². The van der Waals surface area contributed by atoms with E-state index in [0.717, 1.165) is 25.9 Å². The normalized spacial score (nSPS) is 19.6. The molecule has 23 heavy (non-hydrogen) atoms. The van der Waals surface area contributed by atoms with Gasteiger partial charge in [-0.15, -0.1) is 0 Å². The Morgan fingerprint density at radius 2 is 1.65 bits per heavy atom. The summed E-state index contributed by atoms with van der Waals surface area (Å²) in [5.74, 6) is -2.10. The topological polar surface area (TPSA) is 66.9 Å². The Morgan fingerprint density at radius 1 is 1.09 bits per heavy atom.